The van der Waals surface area contributed by atoms with Crippen molar-refractivity contribution < 1.29 is 9.47 Å². The maximum absolute atomic E-state index is 5.56. The van der Waals surface area contributed by atoms with Crippen LogP contribution in [0.3, 0.4) is 0 Å². The molecule has 1 atom stereocenters. The average molecular weight is 309 g/mol. The van der Waals surface area contributed by atoms with Gasteiger partial charge in [-0.3, -0.25) is 0 Å². The molecule has 0 saturated carbocycles. The predicted octanol–water partition coefficient (Wildman–Crippen LogP) is 3.95. The highest BCUT2D eigenvalue weighted by Crippen LogP contribution is 2.40. The van der Waals surface area contributed by atoms with Crippen LogP contribution < -0.4 is 14.8 Å². The van der Waals surface area contributed by atoms with Gasteiger partial charge in [-0.15, -0.1) is 0 Å². The van der Waals surface area contributed by atoms with E-state index in [0.717, 1.165) is 24.5 Å². The minimum atomic E-state index is 0.183. The Hall–Kier alpha value is -2.00. The molecule has 0 radical (unpaired) electrons. The molecule has 0 bridgehead atoms. The molecule has 0 spiro atoms. The van der Waals surface area contributed by atoms with Crippen LogP contribution in [0.25, 0.3) is 0 Å². The van der Waals surface area contributed by atoms with Crippen LogP contribution in [-0.2, 0) is 11.8 Å². The number of ether oxygens (including phenoxy) is 2. The summed E-state index contributed by atoms with van der Waals surface area (Å²) in [6.45, 7) is 8.05. The van der Waals surface area contributed by atoms with E-state index in [1.165, 1.54) is 22.3 Å². The Labute approximate surface area is 137 Å². The van der Waals surface area contributed by atoms with Gasteiger partial charge in [0, 0.05) is 6.54 Å². The molecule has 1 N–H and O–H groups in total. The summed E-state index contributed by atoms with van der Waals surface area (Å²) in [6.07, 6.45) is 1.03. The van der Waals surface area contributed by atoms with Crippen molar-refractivity contribution in [2.24, 2.45) is 0 Å². The smallest absolute Gasteiger partial charge is 0.231 e. The molecule has 0 aliphatic carbocycles. The first-order valence-electron chi connectivity index (χ1n) is 8.28. The Morgan fingerprint density at radius 1 is 1.00 bits per heavy atom. The van der Waals surface area contributed by atoms with E-state index in [1.54, 1.807) is 0 Å². The fourth-order valence-electron chi connectivity index (χ4n) is 3.42. The van der Waals surface area contributed by atoms with E-state index >= 15 is 0 Å². The topological polar surface area (TPSA) is 30.5 Å². The summed E-state index contributed by atoms with van der Waals surface area (Å²) in [4.78, 5) is 0. The molecule has 2 aromatic carbocycles. The predicted molar refractivity (Wildman–Crippen MR) is 91.3 cm³/mol. The molecule has 4 rings (SSSR count). The second-order valence-corrected chi connectivity index (χ2v) is 7.41. The molecule has 3 nitrogen and oxygen atoms in total. The molecule has 23 heavy (non-hydrogen) atoms. The van der Waals surface area contributed by atoms with E-state index in [2.05, 4.69) is 62.5 Å². The third-order valence-corrected chi connectivity index (χ3v) is 4.80. The number of benzene rings is 2. The van der Waals surface area contributed by atoms with E-state index < -0.39 is 0 Å². The van der Waals surface area contributed by atoms with E-state index in [9.17, 15) is 0 Å². The molecule has 0 amide bonds. The van der Waals surface area contributed by atoms with E-state index in [4.69, 9.17) is 9.47 Å². The summed E-state index contributed by atoms with van der Waals surface area (Å²) < 4.78 is 11.1. The second kappa shape index (κ2) is 5.27. The first-order chi connectivity index (χ1) is 11.0. The molecule has 0 fully saturated rings. The average Bonchev–Trinajstić information content (AvgIpc) is 2.98. The van der Waals surface area contributed by atoms with Crippen LogP contribution in [0.1, 0.15) is 49.1 Å². The second-order valence-electron chi connectivity index (χ2n) is 7.41. The molecule has 3 heteroatoms. The van der Waals surface area contributed by atoms with Crippen molar-refractivity contribution in [3.05, 3.63) is 58.7 Å². The van der Waals surface area contributed by atoms with Gasteiger partial charge in [0.05, 0.1) is 6.04 Å². The van der Waals surface area contributed by atoms with Crippen molar-refractivity contribution >= 4 is 0 Å². The van der Waals surface area contributed by atoms with E-state index in [0.29, 0.717) is 6.79 Å². The van der Waals surface area contributed by atoms with Crippen LogP contribution in [0.2, 0.25) is 0 Å². The lowest BCUT2D eigenvalue weighted by molar-refractivity contribution is 0.174. The highest BCUT2D eigenvalue weighted by molar-refractivity contribution is 5.52. The Morgan fingerprint density at radius 2 is 1.70 bits per heavy atom. The van der Waals surface area contributed by atoms with Crippen LogP contribution in [0.15, 0.2) is 36.4 Å². The van der Waals surface area contributed by atoms with Gasteiger partial charge in [-0.1, -0.05) is 45.0 Å². The molecule has 2 aliphatic rings. The van der Waals surface area contributed by atoms with Crippen LogP contribution in [0.5, 0.6) is 11.5 Å². The Morgan fingerprint density at radius 3 is 2.39 bits per heavy atom. The fourth-order valence-corrected chi connectivity index (χ4v) is 3.42. The summed E-state index contributed by atoms with van der Waals surface area (Å²) in [6, 6.07) is 13.5. The van der Waals surface area contributed by atoms with Crippen LogP contribution in [-0.4, -0.2) is 13.3 Å². The monoisotopic (exact) mass is 309 g/mol. The maximum atomic E-state index is 5.56. The van der Waals surface area contributed by atoms with Gasteiger partial charge in [0.25, 0.3) is 0 Å². The summed E-state index contributed by atoms with van der Waals surface area (Å²) >= 11 is 0. The number of rotatable bonds is 1. The first-order valence-corrected chi connectivity index (χ1v) is 8.28. The maximum Gasteiger partial charge on any atom is 0.231 e. The highest BCUT2D eigenvalue weighted by Gasteiger charge is 2.26. The molecule has 2 aliphatic heterocycles. The van der Waals surface area contributed by atoms with Gasteiger partial charge in [0.1, 0.15) is 0 Å². The third-order valence-electron chi connectivity index (χ3n) is 4.80. The zero-order valence-corrected chi connectivity index (χ0v) is 14.0. The molecule has 120 valence electrons. The summed E-state index contributed by atoms with van der Waals surface area (Å²) in [5, 5.41) is 3.64. The van der Waals surface area contributed by atoms with Crippen LogP contribution in [0, 0.1) is 0 Å². The zero-order chi connectivity index (χ0) is 16.0. The quantitative estimate of drug-likeness (QED) is 0.865. The lowest BCUT2D eigenvalue weighted by Gasteiger charge is -2.28. The van der Waals surface area contributed by atoms with Gasteiger partial charge in [0.15, 0.2) is 11.5 Å². The van der Waals surface area contributed by atoms with E-state index in [-0.39, 0.29) is 11.5 Å². The summed E-state index contributed by atoms with van der Waals surface area (Å²) in [7, 11) is 0. The van der Waals surface area contributed by atoms with Crippen molar-refractivity contribution in [1.82, 2.24) is 5.32 Å². The van der Waals surface area contributed by atoms with Crippen LogP contribution >= 0.6 is 0 Å². The number of hydrogen-bond donors (Lipinski definition) is 1. The SMILES string of the molecule is CC(C)(C)c1ccc(C2NCCc3cc4c(cc32)OCO4)cc1. The number of fused-ring (bicyclic) bond motifs is 2. The van der Waals surface area contributed by atoms with Crippen molar-refractivity contribution in [1.29, 1.82) is 0 Å². The van der Waals surface area contributed by atoms with Gasteiger partial charge >= 0.3 is 0 Å². The van der Waals surface area contributed by atoms with Gasteiger partial charge in [0.2, 0.25) is 6.79 Å². The molecule has 0 aromatic heterocycles. The van der Waals surface area contributed by atoms with Gasteiger partial charge in [-0.05, 0) is 46.2 Å². The highest BCUT2D eigenvalue weighted by atomic mass is 16.7. The van der Waals surface area contributed by atoms with Crippen LogP contribution in [0.4, 0.5) is 0 Å². The fraction of sp³-hybridized carbons (Fsp3) is 0.400. The van der Waals surface area contributed by atoms with Crippen molar-refractivity contribution in [2.45, 2.75) is 38.6 Å². The standard InChI is InChI=1S/C20H23NO2/c1-20(2,3)15-6-4-13(5-7-15)19-16-11-18-17(22-12-23-18)10-14(16)8-9-21-19/h4-7,10-11,19,21H,8-9,12H2,1-3H3. The molecule has 0 saturated heterocycles. The lowest BCUT2D eigenvalue weighted by atomic mass is 9.84. The molecular weight excluding hydrogens is 286 g/mol. The van der Waals surface area contributed by atoms with Gasteiger partial charge in [-0.2, -0.15) is 0 Å². The Kier molecular flexibility index (Phi) is 3.34. The number of nitrogens with one attached hydrogen (secondary N) is 1. The summed E-state index contributed by atoms with van der Waals surface area (Å²) in [5.74, 6) is 1.75. The molecular formula is C20H23NO2. The van der Waals surface area contributed by atoms with Gasteiger partial charge in [-0.25, -0.2) is 0 Å². The van der Waals surface area contributed by atoms with E-state index in [1.807, 2.05) is 0 Å². The summed E-state index contributed by atoms with van der Waals surface area (Å²) in [5.41, 5.74) is 5.52. The molecule has 1 unspecified atom stereocenters. The molecule has 2 heterocycles. The first kappa shape index (κ1) is 14.6. The van der Waals surface area contributed by atoms with Crippen molar-refractivity contribution in [3.8, 4) is 11.5 Å². The van der Waals surface area contributed by atoms with Crippen molar-refractivity contribution in [3.63, 3.8) is 0 Å². The normalized spacial score (nSPS) is 19.5. The largest absolute Gasteiger partial charge is 0.454 e. The van der Waals surface area contributed by atoms with Gasteiger partial charge < -0.3 is 14.8 Å². The Bertz CT molecular complexity index is 729. The zero-order valence-electron chi connectivity index (χ0n) is 14.0. The Balaban J connectivity index is 1.71. The lowest BCUT2D eigenvalue weighted by Crippen LogP contribution is -2.30. The van der Waals surface area contributed by atoms with Crippen molar-refractivity contribution in [2.75, 3.05) is 13.3 Å². The minimum Gasteiger partial charge on any atom is -0.454 e. The molecule has 2 aromatic rings. The third kappa shape index (κ3) is 2.59. The minimum absolute atomic E-state index is 0.183. The number of hydrogen-bond acceptors (Lipinski definition) is 3.